The lowest BCUT2D eigenvalue weighted by atomic mass is 10.0. The predicted octanol–water partition coefficient (Wildman–Crippen LogP) is 1.11. The van der Waals surface area contributed by atoms with Crippen LogP contribution in [0.4, 0.5) is 0 Å². The number of β-amino-alcohol motifs (C(OH)–C–C–N with tert-alkyl or cyclic N) is 1. The lowest BCUT2D eigenvalue weighted by Gasteiger charge is -2.39. The van der Waals surface area contributed by atoms with Gasteiger partial charge in [-0.2, -0.15) is 0 Å². The first kappa shape index (κ1) is 12.0. The van der Waals surface area contributed by atoms with Crippen molar-refractivity contribution < 1.29 is 9.84 Å². The van der Waals surface area contributed by atoms with Crippen LogP contribution in [-0.2, 0) is 4.74 Å². The van der Waals surface area contributed by atoms with Gasteiger partial charge in [0.25, 0.3) is 0 Å². The molecule has 1 aliphatic heterocycles. The zero-order valence-electron chi connectivity index (χ0n) is 9.79. The van der Waals surface area contributed by atoms with Gasteiger partial charge in [0, 0.05) is 19.6 Å². The third-order valence-electron chi connectivity index (χ3n) is 2.72. The fourth-order valence-electron chi connectivity index (χ4n) is 1.75. The summed E-state index contributed by atoms with van der Waals surface area (Å²) in [4.78, 5) is 2.29. The molecule has 1 heterocycles. The van der Waals surface area contributed by atoms with Crippen LogP contribution >= 0.6 is 0 Å². The number of aliphatic hydroxyl groups is 1. The molecule has 0 radical (unpaired) electrons. The van der Waals surface area contributed by atoms with Gasteiger partial charge >= 0.3 is 0 Å². The van der Waals surface area contributed by atoms with Crippen LogP contribution in [0.15, 0.2) is 0 Å². The van der Waals surface area contributed by atoms with E-state index in [0.29, 0.717) is 5.92 Å². The largest absolute Gasteiger partial charge is 0.392 e. The van der Waals surface area contributed by atoms with Gasteiger partial charge in [0.2, 0.25) is 0 Å². The minimum atomic E-state index is -0.219. The summed E-state index contributed by atoms with van der Waals surface area (Å²) in [6, 6.07) is 0. The first-order valence-electron chi connectivity index (χ1n) is 5.45. The van der Waals surface area contributed by atoms with E-state index in [1.54, 1.807) is 0 Å². The summed E-state index contributed by atoms with van der Waals surface area (Å²) in [5.41, 5.74) is -0.0606. The Morgan fingerprint density at radius 3 is 2.57 bits per heavy atom. The molecule has 1 unspecified atom stereocenters. The molecular weight excluding hydrogens is 178 g/mol. The molecule has 1 rings (SSSR count). The Balaban J connectivity index is 2.38. The number of hydrogen-bond acceptors (Lipinski definition) is 3. The van der Waals surface area contributed by atoms with Crippen LogP contribution in [0.1, 0.15) is 27.7 Å². The maximum absolute atomic E-state index is 9.77. The van der Waals surface area contributed by atoms with E-state index < -0.39 is 0 Å². The highest BCUT2D eigenvalue weighted by Crippen LogP contribution is 2.17. The number of nitrogens with zero attached hydrogens (tertiary/aromatic N) is 1. The van der Waals surface area contributed by atoms with Crippen LogP contribution in [-0.4, -0.2) is 48.0 Å². The molecule has 0 amide bonds. The zero-order valence-corrected chi connectivity index (χ0v) is 9.79. The Bertz CT molecular complexity index is 180. The van der Waals surface area contributed by atoms with E-state index in [2.05, 4.69) is 32.6 Å². The fourth-order valence-corrected chi connectivity index (χ4v) is 1.75. The van der Waals surface area contributed by atoms with Crippen LogP contribution in [0.5, 0.6) is 0 Å². The summed E-state index contributed by atoms with van der Waals surface area (Å²) in [6.45, 7) is 11.7. The second-order valence-electron chi connectivity index (χ2n) is 5.15. The highest BCUT2D eigenvalue weighted by atomic mass is 16.5. The summed E-state index contributed by atoms with van der Waals surface area (Å²) in [6.07, 6.45) is -0.219. The topological polar surface area (TPSA) is 32.7 Å². The molecule has 0 aliphatic carbocycles. The van der Waals surface area contributed by atoms with Crippen molar-refractivity contribution in [3.63, 3.8) is 0 Å². The molecule has 1 fully saturated rings. The molecule has 3 heteroatoms. The van der Waals surface area contributed by atoms with Gasteiger partial charge in [0.15, 0.2) is 0 Å². The molecule has 0 saturated carbocycles. The monoisotopic (exact) mass is 201 g/mol. The minimum absolute atomic E-state index is 0.0606. The molecule has 0 aromatic rings. The van der Waals surface area contributed by atoms with E-state index in [9.17, 15) is 5.11 Å². The highest BCUT2D eigenvalue weighted by molar-refractivity contribution is 4.80. The third-order valence-corrected chi connectivity index (χ3v) is 2.72. The van der Waals surface area contributed by atoms with Crippen LogP contribution in [0.3, 0.4) is 0 Å². The van der Waals surface area contributed by atoms with Crippen LogP contribution in [0, 0.1) is 5.92 Å². The second-order valence-corrected chi connectivity index (χ2v) is 5.15. The number of morpholine rings is 1. The summed E-state index contributed by atoms with van der Waals surface area (Å²) in [5, 5.41) is 9.77. The molecule has 0 aromatic carbocycles. The first-order valence-corrected chi connectivity index (χ1v) is 5.45. The van der Waals surface area contributed by atoms with E-state index >= 15 is 0 Å². The first-order chi connectivity index (χ1) is 6.41. The van der Waals surface area contributed by atoms with E-state index in [-0.39, 0.29) is 11.7 Å². The van der Waals surface area contributed by atoms with Crippen molar-refractivity contribution in [2.75, 3.05) is 26.2 Å². The van der Waals surface area contributed by atoms with Gasteiger partial charge in [-0.05, 0) is 19.8 Å². The standard InChI is InChI=1S/C11H23NO2/c1-9(2)10(13)7-12-5-6-14-11(3,4)8-12/h9-10,13H,5-8H2,1-4H3. The Labute approximate surface area is 87.1 Å². The van der Waals surface area contributed by atoms with Crippen molar-refractivity contribution >= 4 is 0 Å². The zero-order chi connectivity index (χ0) is 10.8. The Morgan fingerprint density at radius 1 is 1.43 bits per heavy atom. The van der Waals surface area contributed by atoms with Gasteiger partial charge in [0.05, 0.1) is 18.3 Å². The maximum atomic E-state index is 9.77. The van der Waals surface area contributed by atoms with Gasteiger partial charge in [0.1, 0.15) is 0 Å². The summed E-state index contributed by atoms with van der Waals surface area (Å²) >= 11 is 0. The van der Waals surface area contributed by atoms with Crippen molar-refractivity contribution in [2.45, 2.75) is 39.4 Å². The molecule has 3 nitrogen and oxygen atoms in total. The second kappa shape index (κ2) is 4.60. The number of aliphatic hydroxyl groups excluding tert-OH is 1. The molecule has 1 saturated heterocycles. The van der Waals surface area contributed by atoms with E-state index in [0.717, 1.165) is 26.2 Å². The van der Waals surface area contributed by atoms with Crippen LogP contribution < -0.4 is 0 Å². The Morgan fingerprint density at radius 2 is 2.07 bits per heavy atom. The Hall–Kier alpha value is -0.120. The average molecular weight is 201 g/mol. The van der Waals surface area contributed by atoms with Gasteiger partial charge < -0.3 is 9.84 Å². The SMILES string of the molecule is CC(C)C(O)CN1CCOC(C)(C)C1. The van der Waals surface area contributed by atoms with Crippen molar-refractivity contribution in [2.24, 2.45) is 5.92 Å². The molecule has 1 atom stereocenters. The van der Waals surface area contributed by atoms with Crippen molar-refractivity contribution in [1.82, 2.24) is 4.90 Å². The highest BCUT2D eigenvalue weighted by Gasteiger charge is 2.28. The van der Waals surface area contributed by atoms with Crippen LogP contribution in [0.2, 0.25) is 0 Å². The van der Waals surface area contributed by atoms with Crippen molar-refractivity contribution in [1.29, 1.82) is 0 Å². The summed E-state index contributed by atoms with van der Waals surface area (Å²) in [7, 11) is 0. The lowest BCUT2D eigenvalue weighted by molar-refractivity contribution is -0.0952. The van der Waals surface area contributed by atoms with E-state index in [4.69, 9.17) is 4.74 Å². The van der Waals surface area contributed by atoms with Gasteiger partial charge in [-0.25, -0.2) is 0 Å². The fraction of sp³-hybridized carbons (Fsp3) is 1.00. The molecule has 1 aliphatic rings. The maximum Gasteiger partial charge on any atom is 0.0753 e. The van der Waals surface area contributed by atoms with Crippen molar-refractivity contribution in [3.05, 3.63) is 0 Å². The molecule has 0 bridgehead atoms. The molecule has 0 aromatic heterocycles. The third kappa shape index (κ3) is 3.56. The summed E-state index contributed by atoms with van der Waals surface area (Å²) < 4.78 is 5.61. The normalized spacial score (nSPS) is 25.3. The van der Waals surface area contributed by atoms with E-state index in [1.165, 1.54) is 0 Å². The number of rotatable bonds is 3. The number of ether oxygens (including phenoxy) is 1. The lowest BCUT2D eigenvalue weighted by Crippen LogP contribution is -2.50. The quantitative estimate of drug-likeness (QED) is 0.742. The van der Waals surface area contributed by atoms with Gasteiger partial charge in [-0.3, -0.25) is 4.90 Å². The van der Waals surface area contributed by atoms with Crippen LogP contribution in [0.25, 0.3) is 0 Å². The molecule has 14 heavy (non-hydrogen) atoms. The molecular formula is C11H23NO2. The molecule has 1 N–H and O–H groups in total. The van der Waals surface area contributed by atoms with E-state index in [1.807, 2.05) is 0 Å². The predicted molar refractivity (Wildman–Crippen MR) is 57.3 cm³/mol. The van der Waals surface area contributed by atoms with Gasteiger partial charge in [-0.1, -0.05) is 13.8 Å². The van der Waals surface area contributed by atoms with Crippen molar-refractivity contribution in [3.8, 4) is 0 Å². The molecule has 84 valence electrons. The summed E-state index contributed by atoms with van der Waals surface area (Å²) in [5.74, 6) is 0.334. The molecule has 0 spiro atoms. The van der Waals surface area contributed by atoms with Gasteiger partial charge in [-0.15, -0.1) is 0 Å². The average Bonchev–Trinajstić information content (AvgIpc) is 2.01. The Kier molecular flexibility index (Phi) is 3.93. The minimum Gasteiger partial charge on any atom is -0.392 e. The number of hydrogen-bond donors (Lipinski definition) is 1. The smallest absolute Gasteiger partial charge is 0.0753 e.